The van der Waals surface area contributed by atoms with Gasteiger partial charge in [-0.15, -0.1) is 11.6 Å². The molecule has 0 heterocycles. The molecule has 0 aliphatic carbocycles. The molecule has 0 nitrogen and oxygen atoms in total. The van der Waals surface area contributed by atoms with Gasteiger partial charge in [-0.3, -0.25) is 0 Å². The van der Waals surface area contributed by atoms with Gasteiger partial charge in [-0.1, -0.05) is 22.0 Å². The molecule has 4 heteroatoms. The van der Waals surface area contributed by atoms with Gasteiger partial charge in [-0.25, -0.2) is 8.78 Å². The minimum atomic E-state index is -0.705. The van der Waals surface area contributed by atoms with Crippen molar-refractivity contribution in [1.29, 1.82) is 0 Å². The van der Waals surface area contributed by atoms with Gasteiger partial charge in [0.1, 0.15) is 11.6 Å². The molecule has 0 saturated carbocycles. The lowest BCUT2D eigenvalue weighted by atomic mass is 9.98. The van der Waals surface area contributed by atoms with Crippen LogP contribution in [0.4, 0.5) is 8.78 Å². The molecule has 0 N–H and O–H groups in total. The van der Waals surface area contributed by atoms with Crippen molar-refractivity contribution in [3.63, 3.8) is 0 Å². The molecule has 0 radical (unpaired) electrons. The SMILES string of the molecule is Cc1cc(F)c(C(Cl)c2ccc(Br)cc2C)cc1F. The number of benzene rings is 2. The first-order chi connectivity index (χ1) is 8.90. The number of rotatable bonds is 2. The normalized spacial score (nSPS) is 12.5. The van der Waals surface area contributed by atoms with Crippen LogP contribution in [0.15, 0.2) is 34.8 Å². The number of alkyl halides is 1. The Morgan fingerprint density at radius 3 is 2.26 bits per heavy atom. The molecule has 1 unspecified atom stereocenters. The van der Waals surface area contributed by atoms with E-state index in [1.54, 1.807) is 0 Å². The Morgan fingerprint density at radius 2 is 1.63 bits per heavy atom. The topological polar surface area (TPSA) is 0 Å². The summed E-state index contributed by atoms with van der Waals surface area (Å²) in [6, 6.07) is 7.89. The van der Waals surface area contributed by atoms with Gasteiger partial charge in [0.05, 0.1) is 5.38 Å². The zero-order valence-electron chi connectivity index (χ0n) is 10.5. The van der Waals surface area contributed by atoms with E-state index >= 15 is 0 Å². The van der Waals surface area contributed by atoms with E-state index in [1.807, 2.05) is 25.1 Å². The molecule has 0 saturated heterocycles. The van der Waals surface area contributed by atoms with E-state index in [-0.39, 0.29) is 11.1 Å². The van der Waals surface area contributed by atoms with Gasteiger partial charge in [-0.05, 0) is 54.8 Å². The van der Waals surface area contributed by atoms with Crippen LogP contribution < -0.4 is 0 Å². The van der Waals surface area contributed by atoms with E-state index in [0.29, 0.717) is 0 Å². The van der Waals surface area contributed by atoms with Crippen LogP contribution >= 0.6 is 27.5 Å². The summed E-state index contributed by atoms with van der Waals surface area (Å²) in [5.74, 6) is -0.932. The number of hydrogen-bond acceptors (Lipinski definition) is 0. The second-order valence-corrected chi connectivity index (χ2v) is 5.84. The zero-order chi connectivity index (χ0) is 14.2. The predicted octanol–water partition coefficient (Wildman–Crippen LogP) is 5.67. The van der Waals surface area contributed by atoms with E-state index in [9.17, 15) is 8.78 Å². The molecular formula is C15H12BrClF2. The first-order valence-electron chi connectivity index (χ1n) is 5.76. The van der Waals surface area contributed by atoms with Crippen LogP contribution in [0, 0.1) is 25.5 Å². The first-order valence-corrected chi connectivity index (χ1v) is 6.98. The Bertz CT molecular complexity index is 626. The van der Waals surface area contributed by atoms with E-state index in [1.165, 1.54) is 19.1 Å². The van der Waals surface area contributed by atoms with Crippen LogP contribution in [0.25, 0.3) is 0 Å². The monoisotopic (exact) mass is 344 g/mol. The predicted molar refractivity (Wildman–Crippen MR) is 77.7 cm³/mol. The summed E-state index contributed by atoms with van der Waals surface area (Å²) in [5, 5.41) is -0.705. The summed E-state index contributed by atoms with van der Waals surface area (Å²) in [6.45, 7) is 3.41. The largest absolute Gasteiger partial charge is 0.207 e. The van der Waals surface area contributed by atoms with E-state index < -0.39 is 17.0 Å². The molecule has 2 aromatic carbocycles. The van der Waals surface area contributed by atoms with Crippen molar-refractivity contribution in [2.75, 3.05) is 0 Å². The molecular weight excluding hydrogens is 334 g/mol. The molecule has 19 heavy (non-hydrogen) atoms. The van der Waals surface area contributed by atoms with Gasteiger partial charge in [-0.2, -0.15) is 0 Å². The summed E-state index contributed by atoms with van der Waals surface area (Å²) < 4.78 is 28.4. The fraction of sp³-hybridized carbons (Fsp3) is 0.200. The molecule has 0 aliphatic rings. The van der Waals surface area contributed by atoms with Crippen LogP contribution in [-0.2, 0) is 0 Å². The zero-order valence-corrected chi connectivity index (χ0v) is 12.8. The maximum atomic E-state index is 13.9. The minimum Gasteiger partial charge on any atom is -0.207 e. The van der Waals surface area contributed by atoms with Crippen molar-refractivity contribution >= 4 is 27.5 Å². The average Bonchev–Trinajstić information content (AvgIpc) is 2.33. The van der Waals surface area contributed by atoms with Crippen molar-refractivity contribution in [3.8, 4) is 0 Å². The maximum absolute atomic E-state index is 13.9. The van der Waals surface area contributed by atoms with Gasteiger partial charge in [0.15, 0.2) is 0 Å². The summed E-state index contributed by atoms with van der Waals surface area (Å²) in [4.78, 5) is 0. The van der Waals surface area contributed by atoms with Crippen LogP contribution in [-0.4, -0.2) is 0 Å². The highest BCUT2D eigenvalue weighted by Gasteiger charge is 2.19. The molecule has 0 spiro atoms. The molecule has 1 atom stereocenters. The first kappa shape index (κ1) is 14.5. The lowest BCUT2D eigenvalue weighted by molar-refractivity contribution is 0.580. The quantitative estimate of drug-likeness (QED) is 0.615. The van der Waals surface area contributed by atoms with E-state index in [0.717, 1.165) is 15.6 Å². The summed E-state index contributed by atoms with van der Waals surface area (Å²) in [6.07, 6.45) is 0. The summed E-state index contributed by atoms with van der Waals surface area (Å²) in [5.41, 5.74) is 2.13. The highest BCUT2D eigenvalue weighted by Crippen LogP contribution is 2.34. The lowest BCUT2D eigenvalue weighted by Gasteiger charge is -2.15. The third-order valence-corrected chi connectivity index (χ3v) is 4.02. The van der Waals surface area contributed by atoms with Gasteiger partial charge in [0.25, 0.3) is 0 Å². The lowest BCUT2D eigenvalue weighted by Crippen LogP contribution is -2.01. The highest BCUT2D eigenvalue weighted by atomic mass is 79.9. The summed E-state index contributed by atoms with van der Waals surface area (Å²) >= 11 is 9.66. The average molecular weight is 346 g/mol. The van der Waals surface area contributed by atoms with Crippen LogP contribution in [0.2, 0.25) is 0 Å². The van der Waals surface area contributed by atoms with Crippen molar-refractivity contribution in [1.82, 2.24) is 0 Å². The van der Waals surface area contributed by atoms with Crippen molar-refractivity contribution in [2.24, 2.45) is 0 Å². The molecule has 0 aliphatic heterocycles. The molecule has 0 bridgehead atoms. The van der Waals surface area contributed by atoms with Gasteiger partial charge < -0.3 is 0 Å². The fourth-order valence-corrected chi connectivity index (χ4v) is 2.83. The van der Waals surface area contributed by atoms with Gasteiger partial charge >= 0.3 is 0 Å². The van der Waals surface area contributed by atoms with Crippen LogP contribution in [0.3, 0.4) is 0 Å². The Balaban J connectivity index is 2.49. The van der Waals surface area contributed by atoms with Crippen molar-refractivity contribution in [3.05, 3.63) is 68.7 Å². The Kier molecular flexibility index (Phi) is 4.26. The molecule has 2 rings (SSSR count). The third-order valence-electron chi connectivity index (χ3n) is 3.06. The van der Waals surface area contributed by atoms with Crippen LogP contribution in [0.5, 0.6) is 0 Å². The minimum absolute atomic E-state index is 0.162. The second-order valence-electron chi connectivity index (χ2n) is 4.49. The third kappa shape index (κ3) is 2.98. The fourth-order valence-electron chi connectivity index (χ4n) is 1.95. The van der Waals surface area contributed by atoms with E-state index in [2.05, 4.69) is 15.9 Å². The van der Waals surface area contributed by atoms with Gasteiger partial charge in [0, 0.05) is 10.0 Å². The van der Waals surface area contributed by atoms with Gasteiger partial charge in [0.2, 0.25) is 0 Å². The number of hydrogen-bond donors (Lipinski definition) is 0. The smallest absolute Gasteiger partial charge is 0.128 e. The standard InChI is InChI=1S/C15H12BrClF2/c1-8-5-10(16)3-4-11(8)15(17)12-7-13(18)9(2)6-14(12)19/h3-7,15H,1-2H3. The molecule has 0 fully saturated rings. The molecule has 0 amide bonds. The van der Waals surface area contributed by atoms with Crippen LogP contribution in [0.1, 0.15) is 27.6 Å². The second kappa shape index (κ2) is 5.59. The maximum Gasteiger partial charge on any atom is 0.128 e. The molecule has 0 aromatic heterocycles. The highest BCUT2D eigenvalue weighted by molar-refractivity contribution is 9.10. The Hall–Kier alpha value is -0.930. The Labute approximate surface area is 124 Å². The molecule has 2 aromatic rings. The number of halogens is 4. The van der Waals surface area contributed by atoms with E-state index in [4.69, 9.17) is 11.6 Å². The van der Waals surface area contributed by atoms with Crippen molar-refractivity contribution < 1.29 is 8.78 Å². The summed E-state index contributed by atoms with van der Waals surface area (Å²) in [7, 11) is 0. The molecule has 100 valence electrons. The number of aryl methyl sites for hydroxylation is 2. The van der Waals surface area contributed by atoms with Crippen molar-refractivity contribution in [2.45, 2.75) is 19.2 Å². The Morgan fingerprint density at radius 1 is 0.947 bits per heavy atom.